The molecule has 2 aromatic rings. The van der Waals surface area contributed by atoms with Crippen molar-refractivity contribution >= 4 is 10.9 Å². The van der Waals surface area contributed by atoms with Gasteiger partial charge in [-0.3, -0.25) is 0 Å². The van der Waals surface area contributed by atoms with E-state index >= 15 is 0 Å². The first-order chi connectivity index (χ1) is 6.34. The Morgan fingerprint density at radius 3 is 3.08 bits per heavy atom. The van der Waals surface area contributed by atoms with Crippen molar-refractivity contribution in [3.8, 4) is 5.75 Å². The minimum absolute atomic E-state index is 0.358. The minimum Gasteiger partial charge on any atom is -0.508 e. The number of rotatable bonds is 0. The van der Waals surface area contributed by atoms with Gasteiger partial charge in [0.1, 0.15) is 5.75 Å². The molecule has 2 heteroatoms. The number of benzene rings is 1. The number of nitrogens with zero attached hydrogens (tertiary/aromatic N) is 1. The number of hydrogen-bond acceptors (Lipinski definition) is 1. The van der Waals surface area contributed by atoms with Gasteiger partial charge in [0.05, 0.1) is 0 Å². The minimum atomic E-state index is 0.358. The first kappa shape index (κ1) is 7.01. The monoisotopic (exact) mass is 173 g/mol. The van der Waals surface area contributed by atoms with Crippen molar-refractivity contribution in [2.75, 3.05) is 0 Å². The molecule has 0 bridgehead atoms. The fraction of sp³-hybridized carbons (Fsp3) is 0.273. The molecule has 0 saturated heterocycles. The molecule has 0 atom stereocenters. The van der Waals surface area contributed by atoms with Crippen LogP contribution >= 0.6 is 0 Å². The molecular weight excluding hydrogens is 162 g/mol. The molecule has 2 heterocycles. The zero-order chi connectivity index (χ0) is 8.84. The van der Waals surface area contributed by atoms with E-state index in [0.29, 0.717) is 5.75 Å². The van der Waals surface area contributed by atoms with E-state index in [4.69, 9.17) is 0 Å². The van der Waals surface area contributed by atoms with Gasteiger partial charge in [-0.05, 0) is 37.1 Å². The molecule has 0 fully saturated rings. The van der Waals surface area contributed by atoms with Crippen LogP contribution in [-0.4, -0.2) is 9.67 Å². The Bertz CT molecular complexity index is 470. The maximum atomic E-state index is 9.31. The van der Waals surface area contributed by atoms with Gasteiger partial charge in [0.15, 0.2) is 0 Å². The second-order valence-corrected chi connectivity index (χ2v) is 3.63. The summed E-state index contributed by atoms with van der Waals surface area (Å²) in [6, 6.07) is 7.77. The maximum absolute atomic E-state index is 9.31. The second kappa shape index (κ2) is 2.28. The number of hydrogen-bond donors (Lipinski definition) is 1. The molecule has 13 heavy (non-hydrogen) atoms. The molecule has 1 aromatic heterocycles. The van der Waals surface area contributed by atoms with Crippen LogP contribution in [0.5, 0.6) is 5.75 Å². The van der Waals surface area contributed by atoms with Crippen LogP contribution in [0, 0.1) is 0 Å². The standard InChI is InChI=1S/C11H11NO/c13-10-3-4-11-8(7-10)6-9-2-1-5-12(9)11/h3-4,6-7,13H,1-2,5H2. The van der Waals surface area contributed by atoms with Gasteiger partial charge in [-0.1, -0.05) is 0 Å². The van der Waals surface area contributed by atoms with Crippen molar-refractivity contribution in [2.45, 2.75) is 19.4 Å². The summed E-state index contributed by atoms with van der Waals surface area (Å²) in [6.07, 6.45) is 2.43. The lowest BCUT2D eigenvalue weighted by atomic mass is 10.2. The Morgan fingerprint density at radius 1 is 1.23 bits per heavy atom. The molecule has 66 valence electrons. The third-order valence-corrected chi connectivity index (χ3v) is 2.79. The highest BCUT2D eigenvalue weighted by molar-refractivity contribution is 5.83. The van der Waals surface area contributed by atoms with Gasteiger partial charge in [0.2, 0.25) is 0 Å². The van der Waals surface area contributed by atoms with Crippen molar-refractivity contribution in [3.63, 3.8) is 0 Å². The van der Waals surface area contributed by atoms with Crippen LogP contribution in [0.4, 0.5) is 0 Å². The third-order valence-electron chi connectivity index (χ3n) is 2.79. The summed E-state index contributed by atoms with van der Waals surface area (Å²) >= 11 is 0. The average molecular weight is 173 g/mol. The zero-order valence-electron chi connectivity index (χ0n) is 7.33. The SMILES string of the molecule is Oc1ccc2c(c1)cc1n2CCC1. The van der Waals surface area contributed by atoms with Gasteiger partial charge >= 0.3 is 0 Å². The molecule has 2 nitrogen and oxygen atoms in total. The van der Waals surface area contributed by atoms with Crippen LogP contribution in [0.25, 0.3) is 10.9 Å². The van der Waals surface area contributed by atoms with E-state index in [-0.39, 0.29) is 0 Å². The van der Waals surface area contributed by atoms with Gasteiger partial charge in [-0.2, -0.15) is 0 Å². The molecule has 0 amide bonds. The van der Waals surface area contributed by atoms with Crippen LogP contribution in [0.1, 0.15) is 12.1 Å². The van der Waals surface area contributed by atoms with E-state index in [1.165, 1.54) is 24.1 Å². The summed E-state index contributed by atoms with van der Waals surface area (Å²) < 4.78 is 2.34. The largest absolute Gasteiger partial charge is 0.508 e. The Balaban J connectivity index is 2.38. The first-order valence-electron chi connectivity index (χ1n) is 4.66. The highest BCUT2D eigenvalue weighted by atomic mass is 16.3. The molecule has 0 aliphatic carbocycles. The van der Waals surface area contributed by atoms with Gasteiger partial charge in [0.25, 0.3) is 0 Å². The predicted molar refractivity (Wildman–Crippen MR) is 51.9 cm³/mol. The molecule has 1 aliphatic heterocycles. The fourth-order valence-electron chi connectivity index (χ4n) is 2.20. The van der Waals surface area contributed by atoms with Crippen LogP contribution < -0.4 is 0 Å². The van der Waals surface area contributed by atoms with Crippen molar-refractivity contribution in [1.29, 1.82) is 0 Å². The molecule has 3 rings (SSSR count). The zero-order valence-corrected chi connectivity index (χ0v) is 7.33. The second-order valence-electron chi connectivity index (χ2n) is 3.63. The van der Waals surface area contributed by atoms with E-state index in [2.05, 4.69) is 10.6 Å². The first-order valence-corrected chi connectivity index (χ1v) is 4.66. The summed E-state index contributed by atoms with van der Waals surface area (Å²) in [7, 11) is 0. The number of aryl methyl sites for hydroxylation is 2. The number of aromatic hydroxyl groups is 1. The highest BCUT2D eigenvalue weighted by Crippen LogP contribution is 2.28. The predicted octanol–water partition coefficient (Wildman–Crippen LogP) is 2.29. The molecule has 0 saturated carbocycles. The van der Waals surface area contributed by atoms with Crippen molar-refractivity contribution < 1.29 is 5.11 Å². The lowest BCUT2D eigenvalue weighted by molar-refractivity contribution is 0.476. The summed E-state index contributed by atoms with van der Waals surface area (Å²) in [4.78, 5) is 0. The van der Waals surface area contributed by atoms with Crippen LogP contribution in [0.15, 0.2) is 24.3 Å². The van der Waals surface area contributed by atoms with Crippen LogP contribution in [0.2, 0.25) is 0 Å². The molecule has 1 N–H and O–H groups in total. The summed E-state index contributed by atoms with van der Waals surface area (Å²) in [5.41, 5.74) is 2.66. The number of phenols is 1. The third kappa shape index (κ3) is 0.886. The molecule has 0 unspecified atom stereocenters. The van der Waals surface area contributed by atoms with E-state index in [1.807, 2.05) is 12.1 Å². The van der Waals surface area contributed by atoms with Crippen molar-refractivity contribution in [1.82, 2.24) is 4.57 Å². The van der Waals surface area contributed by atoms with Gasteiger partial charge < -0.3 is 9.67 Å². The lowest BCUT2D eigenvalue weighted by Gasteiger charge is -1.99. The van der Waals surface area contributed by atoms with Crippen LogP contribution in [0.3, 0.4) is 0 Å². The van der Waals surface area contributed by atoms with Gasteiger partial charge in [-0.25, -0.2) is 0 Å². The normalized spacial score (nSPS) is 15.1. The lowest BCUT2D eigenvalue weighted by Crippen LogP contribution is -1.89. The molecule has 0 radical (unpaired) electrons. The molecule has 1 aliphatic rings. The van der Waals surface area contributed by atoms with Gasteiger partial charge in [0, 0.05) is 23.1 Å². The maximum Gasteiger partial charge on any atom is 0.116 e. The summed E-state index contributed by atoms with van der Waals surface area (Å²) in [6.45, 7) is 1.13. The van der Waals surface area contributed by atoms with E-state index in [0.717, 1.165) is 11.9 Å². The van der Waals surface area contributed by atoms with E-state index in [1.54, 1.807) is 6.07 Å². The number of phenolic OH excluding ortho intramolecular Hbond substituents is 1. The topological polar surface area (TPSA) is 25.2 Å². The Kier molecular flexibility index (Phi) is 1.23. The summed E-state index contributed by atoms with van der Waals surface area (Å²) in [5, 5.41) is 10.5. The quantitative estimate of drug-likeness (QED) is 0.649. The number of aromatic nitrogens is 1. The van der Waals surface area contributed by atoms with Crippen molar-refractivity contribution in [3.05, 3.63) is 30.0 Å². The van der Waals surface area contributed by atoms with E-state index < -0.39 is 0 Å². The molecule has 1 aromatic carbocycles. The number of fused-ring (bicyclic) bond motifs is 3. The molecule has 0 spiro atoms. The fourth-order valence-corrected chi connectivity index (χ4v) is 2.20. The Hall–Kier alpha value is -1.44. The van der Waals surface area contributed by atoms with Gasteiger partial charge in [-0.15, -0.1) is 0 Å². The summed E-state index contributed by atoms with van der Waals surface area (Å²) in [5.74, 6) is 0.358. The van der Waals surface area contributed by atoms with E-state index in [9.17, 15) is 5.11 Å². The highest BCUT2D eigenvalue weighted by Gasteiger charge is 2.13. The molecular formula is C11H11NO. The smallest absolute Gasteiger partial charge is 0.116 e. The average Bonchev–Trinajstić information content (AvgIpc) is 2.62. The van der Waals surface area contributed by atoms with Crippen molar-refractivity contribution in [2.24, 2.45) is 0 Å². The van der Waals surface area contributed by atoms with Crippen LogP contribution in [-0.2, 0) is 13.0 Å². The Labute approximate surface area is 76.4 Å². The Morgan fingerprint density at radius 2 is 2.15 bits per heavy atom.